The van der Waals surface area contributed by atoms with E-state index in [9.17, 15) is 0 Å². The first-order valence-corrected chi connectivity index (χ1v) is 8.53. The van der Waals surface area contributed by atoms with Crippen molar-refractivity contribution in [2.75, 3.05) is 4.72 Å². The molecule has 3 nitrogen and oxygen atoms in total. The van der Waals surface area contributed by atoms with Crippen LogP contribution >= 0.6 is 11.9 Å². The molecule has 0 spiro atoms. The Kier molecular flexibility index (Phi) is 4.39. The Hall–Kier alpha value is -1.94. The van der Waals surface area contributed by atoms with Crippen molar-refractivity contribution >= 4 is 28.7 Å². The van der Waals surface area contributed by atoms with Gasteiger partial charge in [0.2, 0.25) is 0 Å². The Balaban J connectivity index is 1.84. The van der Waals surface area contributed by atoms with E-state index in [1.807, 2.05) is 0 Å². The summed E-state index contributed by atoms with van der Waals surface area (Å²) in [5.74, 6) is 0. The van der Waals surface area contributed by atoms with Crippen LogP contribution in [-0.4, -0.2) is 9.97 Å². The van der Waals surface area contributed by atoms with Gasteiger partial charge in [-0.2, -0.15) is 0 Å². The number of rotatable bonds is 5. The molecule has 4 heteroatoms. The topological polar surface area (TPSA) is 40.7 Å². The Bertz CT molecular complexity index is 775. The molecule has 0 fully saturated rings. The molecule has 1 aromatic heterocycles. The summed E-state index contributed by atoms with van der Waals surface area (Å²) in [5, 5.41) is 0.901. The van der Waals surface area contributed by atoms with Gasteiger partial charge in [0.05, 0.1) is 11.0 Å². The maximum atomic E-state index is 4.77. The third kappa shape index (κ3) is 2.97. The molecular weight excluding hydrogens is 290 g/mol. The molecule has 2 N–H and O–H groups in total. The summed E-state index contributed by atoms with van der Waals surface area (Å²) in [4.78, 5) is 8.16. The van der Waals surface area contributed by atoms with E-state index >= 15 is 0 Å². The first-order chi connectivity index (χ1) is 10.7. The van der Waals surface area contributed by atoms with Gasteiger partial charge in [-0.05, 0) is 49.1 Å². The van der Waals surface area contributed by atoms with Gasteiger partial charge >= 0.3 is 0 Å². The van der Waals surface area contributed by atoms with Crippen molar-refractivity contribution in [2.24, 2.45) is 0 Å². The fourth-order valence-electron chi connectivity index (χ4n) is 2.65. The molecule has 0 aliphatic rings. The number of hydrogen-bond donors (Lipinski definition) is 2. The minimum absolute atomic E-state index is 0.901. The van der Waals surface area contributed by atoms with Gasteiger partial charge in [0.1, 0.15) is 0 Å². The lowest BCUT2D eigenvalue weighted by Gasteiger charge is -2.05. The largest absolute Gasteiger partial charge is 0.331 e. The maximum Gasteiger partial charge on any atom is 0.187 e. The Labute approximate surface area is 135 Å². The molecule has 22 heavy (non-hydrogen) atoms. The van der Waals surface area contributed by atoms with Crippen LogP contribution in [0.15, 0.2) is 41.6 Å². The van der Waals surface area contributed by atoms with Crippen LogP contribution in [0.1, 0.15) is 30.5 Å². The number of imidazole rings is 1. The summed E-state index contributed by atoms with van der Waals surface area (Å²) in [6.07, 6.45) is 2.07. The SMILES string of the molecule is CCc1ccc2[nH]c(SNc3ccc(C)cc3)nc2c1CC. The Morgan fingerprint density at radius 1 is 1.05 bits per heavy atom. The lowest BCUT2D eigenvalue weighted by atomic mass is 10.0. The van der Waals surface area contributed by atoms with Gasteiger partial charge < -0.3 is 9.71 Å². The number of aryl methyl sites for hydroxylation is 3. The number of fused-ring (bicyclic) bond motifs is 1. The van der Waals surface area contributed by atoms with E-state index in [0.717, 1.165) is 34.7 Å². The third-order valence-electron chi connectivity index (χ3n) is 3.89. The number of H-pyrrole nitrogens is 1. The lowest BCUT2D eigenvalue weighted by molar-refractivity contribution is 1.04. The van der Waals surface area contributed by atoms with Crippen molar-refractivity contribution in [2.45, 2.75) is 38.8 Å². The van der Waals surface area contributed by atoms with Crippen LogP contribution in [0.25, 0.3) is 11.0 Å². The molecule has 0 saturated carbocycles. The lowest BCUT2D eigenvalue weighted by Crippen LogP contribution is -1.92. The van der Waals surface area contributed by atoms with Crippen LogP contribution in [0.2, 0.25) is 0 Å². The number of aromatic nitrogens is 2. The first-order valence-electron chi connectivity index (χ1n) is 7.71. The minimum atomic E-state index is 0.901. The van der Waals surface area contributed by atoms with Crippen molar-refractivity contribution in [1.29, 1.82) is 0 Å². The summed E-state index contributed by atoms with van der Waals surface area (Å²) in [5.41, 5.74) is 7.32. The average molecular weight is 311 g/mol. The number of nitrogens with one attached hydrogen (secondary N) is 2. The first kappa shape index (κ1) is 15.0. The number of hydrogen-bond acceptors (Lipinski definition) is 3. The quantitative estimate of drug-likeness (QED) is 0.643. The van der Waals surface area contributed by atoms with E-state index in [1.165, 1.54) is 28.6 Å². The summed E-state index contributed by atoms with van der Waals surface area (Å²) >= 11 is 1.52. The molecule has 0 bridgehead atoms. The van der Waals surface area contributed by atoms with Gasteiger partial charge in [-0.1, -0.05) is 37.6 Å². The van der Waals surface area contributed by atoms with Gasteiger partial charge in [-0.3, -0.25) is 0 Å². The van der Waals surface area contributed by atoms with E-state index in [-0.39, 0.29) is 0 Å². The molecular formula is C18H21N3S. The van der Waals surface area contributed by atoms with Crippen LogP contribution in [-0.2, 0) is 12.8 Å². The van der Waals surface area contributed by atoms with Crippen LogP contribution in [0.5, 0.6) is 0 Å². The van der Waals surface area contributed by atoms with E-state index < -0.39 is 0 Å². The van der Waals surface area contributed by atoms with Crippen molar-refractivity contribution < 1.29 is 0 Å². The van der Waals surface area contributed by atoms with E-state index in [2.05, 4.69) is 66.9 Å². The molecule has 114 valence electrons. The highest BCUT2D eigenvalue weighted by Crippen LogP contribution is 2.26. The zero-order valence-corrected chi connectivity index (χ0v) is 14.1. The highest BCUT2D eigenvalue weighted by atomic mass is 32.2. The second kappa shape index (κ2) is 6.44. The molecule has 3 aromatic rings. The molecule has 0 aliphatic carbocycles. The molecule has 0 atom stereocenters. The number of anilines is 1. The highest BCUT2D eigenvalue weighted by Gasteiger charge is 2.10. The van der Waals surface area contributed by atoms with Crippen LogP contribution in [0.3, 0.4) is 0 Å². The van der Waals surface area contributed by atoms with Gasteiger partial charge in [0.25, 0.3) is 0 Å². The Morgan fingerprint density at radius 3 is 2.50 bits per heavy atom. The normalized spacial score (nSPS) is 11.0. The second-order valence-corrected chi connectivity index (χ2v) is 6.21. The van der Waals surface area contributed by atoms with Crippen LogP contribution in [0, 0.1) is 6.92 Å². The summed E-state index contributed by atoms with van der Waals surface area (Å²) < 4.78 is 3.34. The summed E-state index contributed by atoms with van der Waals surface area (Å²) in [6, 6.07) is 12.7. The summed E-state index contributed by atoms with van der Waals surface area (Å²) in [6.45, 7) is 6.48. The molecule has 0 amide bonds. The second-order valence-electron chi connectivity index (χ2n) is 5.42. The predicted octanol–water partition coefficient (Wildman–Crippen LogP) is 5.12. The van der Waals surface area contributed by atoms with Crippen molar-refractivity contribution in [1.82, 2.24) is 9.97 Å². The molecule has 0 saturated heterocycles. The average Bonchev–Trinajstić information content (AvgIpc) is 2.96. The number of nitrogens with zero attached hydrogens (tertiary/aromatic N) is 1. The molecule has 2 aromatic carbocycles. The van der Waals surface area contributed by atoms with Gasteiger partial charge in [-0.15, -0.1) is 0 Å². The van der Waals surface area contributed by atoms with Crippen molar-refractivity contribution in [3.8, 4) is 0 Å². The summed E-state index contributed by atoms with van der Waals surface area (Å²) in [7, 11) is 0. The van der Waals surface area contributed by atoms with E-state index in [0.29, 0.717) is 0 Å². The predicted molar refractivity (Wildman–Crippen MR) is 95.5 cm³/mol. The zero-order chi connectivity index (χ0) is 15.5. The Morgan fingerprint density at radius 2 is 1.82 bits per heavy atom. The molecule has 0 unspecified atom stereocenters. The molecule has 3 rings (SSSR count). The number of benzene rings is 2. The van der Waals surface area contributed by atoms with E-state index in [1.54, 1.807) is 0 Å². The zero-order valence-electron chi connectivity index (χ0n) is 13.2. The van der Waals surface area contributed by atoms with Crippen molar-refractivity contribution in [3.63, 3.8) is 0 Å². The minimum Gasteiger partial charge on any atom is -0.331 e. The number of aromatic amines is 1. The standard InChI is InChI=1S/C18H21N3S/c1-4-13-8-11-16-17(15(13)5-2)20-18(19-16)22-21-14-9-6-12(3)7-10-14/h6-11,21H,4-5H2,1-3H3,(H,19,20). The van der Waals surface area contributed by atoms with Gasteiger partial charge in [-0.25, -0.2) is 4.98 Å². The monoisotopic (exact) mass is 311 g/mol. The highest BCUT2D eigenvalue weighted by molar-refractivity contribution is 8.00. The maximum absolute atomic E-state index is 4.77. The van der Waals surface area contributed by atoms with Gasteiger partial charge in [0.15, 0.2) is 5.16 Å². The van der Waals surface area contributed by atoms with Crippen LogP contribution < -0.4 is 4.72 Å². The van der Waals surface area contributed by atoms with Crippen molar-refractivity contribution in [3.05, 3.63) is 53.1 Å². The van der Waals surface area contributed by atoms with Gasteiger partial charge in [0, 0.05) is 17.6 Å². The molecule has 0 aliphatic heterocycles. The third-order valence-corrected chi connectivity index (χ3v) is 4.61. The fraction of sp³-hybridized carbons (Fsp3) is 0.278. The molecule has 1 heterocycles. The molecule has 0 radical (unpaired) electrons. The van der Waals surface area contributed by atoms with E-state index in [4.69, 9.17) is 4.98 Å². The van der Waals surface area contributed by atoms with Crippen LogP contribution in [0.4, 0.5) is 5.69 Å². The smallest absolute Gasteiger partial charge is 0.187 e. The fourth-order valence-corrected chi connectivity index (χ4v) is 3.30.